The predicted molar refractivity (Wildman–Crippen MR) is 81.0 cm³/mol. The van der Waals surface area contributed by atoms with Crippen molar-refractivity contribution in [1.82, 2.24) is 19.7 Å². The smallest absolute Gasteiger partial charge is 0.138 e. The van der Waals surface area contributed by atoms with E-state index in [1.165, 1.54) is 0 Å². The molecule has 2 N–H and O–H groups in total. The summed E-state index contributed by atoms with van der Waals surface area (Å²) in [5.74, 6) is 2.49. The Morgan fingerprint density at radius 2 is 1.95 bits per heavy atom. The van der Waals surface area contributed by atoms with Crippen molar-refractivity contribution in [2.45, 2.75) is 32.7 Å². The van der Waals surface area contributed by atoms with Crippen LogP contribution in [0.15, 0.2) is 24.5 Å². The van der Waals surface area contributed by atoms with Gasteiger partial charge in [-0.25, -0.2) is 9.97 Å². The molecule has 0 amide bonds. The zero-order valence-corrected chi connectivity index (χ0v) is 12.5. The number of hydrogen-bond donors (Lipinski definition) is 2. The molecular formula is C14H22N6. The van der Waals surface area contributed by atoms with E-state index in [0.717, 1.165) is 30.5 Å². The highest BCUT2D eigenvalue weighted by molar-refractivity contribution is 5.47. The Kier molecular flexibility index (Phi) is 4.22. The highest BCUT2D eigenvalue weighted by Gasteiger charge is 2.18. The summed E-state index contributed by atoms with van der Waals surface area (Å²) in [6, 6.07) is 3.83. The van der Waals surface area contributed by atoms with Crippen molar-refractivity contribution in [3.8, 4) is 0 Å². The maximum Gasteiger partial charge on any atom is 0.138 e. The van der Waals surface area contributed by atoms with Crippen LogP contribution < -0.4 is 10.6 Å². The molecule has 0 spiro atoms. The van der Waals surface area contributed by atoms with Gasteiger partial charge in [0, 0.05) is 37.5 Å². The minimum absolute atomic E-state index is 0.0781. The van der Waals surface area contributed by atoms with Crippen LogP contribution in [0.1, 0.15) is 26.6 Å². The fourth-order valence-corrected chi connectivity index (χ4v) is 1.73. The maximum atomic E-state index is 4.58. The molecule has 108 valence electrons. The zero-order chi connectivity index (χ0) is 14.6. The first-order valence-electron chi connectivity index (χ1n) is 6.77. The summed E-state index contributed by atoms with van der Waals surface area (Å²) in [5, 5.41) is 10.6. The largest absolute Gasteiger partial charge is 0.373 e. The fraction of sp³-hybridized carbons (Fsp3) is 0.500. The van der Waals surface area contributed by atoms with Crippen molar-refractivity contribution >= 4 is 11.6 Å². The molecule has 0 fully saturated rings. The van der Waals surface area contributed by atoms with Gasteiger partial charge in [-0.2, -0.15) is 5.10 Å². The van der Waals surface area contributed by atoms with Crippen LogP contribution in [0.5, 0.6) is 0 Å². The third-order valence-corrected chi connectivity index (χ3v) is 2.86. The van der Waals surface area contributed by atoms with Crippen LogP contribution >= 0.6 is 0 Å². The topological polar surface area (TPSA) is 67.7 Å². The molecule has 0 atom stereocenters. The summed E-state index contributed by atoms with van der Waals surface area (Å²) in [4.78, 5) is 9.08. The second-order valence-corrected chi connectivity index (χ2v) is 5.66. The average Bonchev–Trinajstić information content (AvgIpc) is 2.90. The molecule has 2 aromatic rings. The number of hydrogen-bond acceptors (Lipinski definition) is 5. The van der Waals surface area contributed by atoms with E-state index in [9.17, 15) is 0 Å². The van der Waals surface area contributed by atoms with E-state index in [-0.39, 0.29) is 5.41 Å². The molecular weight excluding hydrogens is 252 g/mol. The fourth-order valence-electron chi connectivity index (χ4n) is 1.73. The van der Waals surface area contributed by atoms with Gasteiger partial charge in [0.2, 0.25) is 0 Å². The second-order valence-electron chi connectivity index (χ2n) is 5.66. The van der Waals surface area contributed by atoms with E-state index >= 15 is 0 Å². The monoisotopic (exact) mass is 274 g/mol. The number of aromatic nitrogens is 4. The van der Waals surface area contributed by atoms with E-state index < -0.39 is 0 Å². The van der Waals surface area contributed by atoms with Gasteiger partial charge in [-0.3, -0.25) is 4.68 Å². The van der Waals surface area contributed by atoms with Crippen LogP contribution in [0.4, 0.5) is 11.6 Å². The Hall–Kier alpha value is -2.11. The van der Waals surface area contributed by atoms with Crippen LogP contribution in [-0.2, 0) is 12.0 Å². The van der Waals surface area contributed by atoms with Crippen molar-refractivity contribution in [2.75, 3.05) is 24.2 Å². The molecule has 2 heterocycles. The predicted octanol–water partition coefficient (Wildman–Crippen LogP) is 2.12. The van der Waals surface area contributed by atoms with Gasteiger partial charge in [0.15, 0.2) is 0 Å². The Balaban J connectivity index is 2.06. The molecule has 0 aliphatic carbocycles. The van der Waals surface area contributed by atoms with E-state index in [4.69, 9.17) is 0 Å². The third-order valence-electron chi connectivity index (χ3n) is 2.86. The van der Waals surface area contributed by atoms with Crippen molar-refractivity contribution < 1.29 is 0 Å². The Morgan fingerprint density at radius 3 is 2.55 bits per heavy atom. The summed E-state index contributed by atoms with van der Waals surface area (Å²) < 4.78 is 1.89. The normalized spacial score (nSPS) is 11.4. The first kappa shape index (κ1) is 14.3. The van der Waals surface area contributed by atoms with E-state index in [2.05, 4.69) is 46.5 Å². The quantitative estimate of drug-likeness (QED) is 0.874. The van der Waals surface area contributed by atoms with E-state index in [0.29, 0.717) is 0 Å². The molecule has 0 aromatic carbocycles. The van der Waals surface area contributed by atoms with Crippen LogP contribution in [0, 0.1) is 0 Å². The SMILES string of the molecule is CNc1cc(NCCn2cccn2)nc(C(C)(C)C)n1. The summed E-state index contributed by atoms with van der Waals surface area (Å²) in [6.45, 7) is 7.89. The van der Waals surface area contributed by atoms with Crippen LogP contribution in [0.3, 0.4) is 0 Å². The van der Waals surface area contributed by atoms with Gasteiger partial charge in [-0.1, -0.05) is 20.8 Å². The van der Waals surface area contributed by atoms with Gasteiger partial charge in [0.1, 0.15) is 17.5 Å². The Bertz CT molecular complexity index is 541. The number of anilines is 2. The molecule has 0 aliphatic heterocycles. The standard InChI is InChI=1S/C14H22N6/c1-14(2,3)13-18-11(15-4)10-12(19-13)16-7-9-20-8-5-6-17-20/h5-6,8,10H,7,9H2,1-4H3,(H2,15,16,18,19). The van der Waals surface area contributed by atoms with Crippen LogP contribution in [-0.4, -0.2) is 33.3 Å². The van der Waals surface area contributed by atoms with Crippen LogP contribution in [0.25, 0.3) is 0 Å². The van der Waals surface area contributed by atoms with Crippen molar-refractivity contribution in [3.63, 3.8) is 0 Å². The first-order valence-corrected chi connectivity index (χ1v) is 6.77. The maximum absolute atomic E-state index is 4.58. The first-order chi connectivity index (χ1) is 9.49. The van der Waals surface area contributed by atoms with Gasteiger partial charge >= 0.3 is 0 Å². The molecule has 0 unspecified atom stereocenters. The van der Waals surface area contributed by atoms with Crippen molar-refractivity contribution in [2.24, 2.45) is 0 Å². The minimum Gasteiger partial charge on any atom is -0.373 e. The Morgan fingerprint density at radius 1 is 1.20 bits per heavy atom. The molecule has 20 heavy (non-hydrogen) atoms. The lowest BCUT2D eigenvalue weighted by atomic mass is 9.96. The molecule has 2 aromatic heterocycles. The molecule has 6 heteroatoms. The second kappa shape index (κ2) is 5.90. The lowest BCUT2D eigenvalue weighted by Gasteiger charge is -2.18. The molecule has 0 radical (unpaired) electrons. The average molecular weight is 274 g/mol. The lowest BCUT2D eigenvalue weighted by molar-refractivity contribution is 0.546. The molecule has 2 rings (SSSR count). The molecule has 0 aliphatic rings. The van der Waals surface area contributed by atoms with Crippen LogP contribution in [0.2, 0.25) is 0 Å². The van der Waals surface area contributed by atoms with E-state index in [1.807, 2.05) is 30.1 Å². The summed E-state index contributed by atoms with van der Waals surface area (Å²) in [7, 11) is 1.86. The number of nitrogens with one attached hydrogen (secondary N) is 2. The van der Waals surface area contributed by atoms with Gasteiger partial charge in [0.05, 0.1) is 6.54 Å². The number of nitrogens with zero attached hydrogens (tertiary/aromatic N) is 4. The Labute approximate surface area is 119 Å². The van der Waals surface area contributed by atoms with Gasteiger partial charge in [-0.15, -0.1) is 0 Å². The van der Waals surface area contributed by atoms with E-state index in [1.54, 1.807) is 6.20 Å². The lowest BCUT2D eigenvalue weighted by Crippen LogP contribution is -2.19. The summed E-state index contributed by atoms with van der Waals surface area (Å²) in [6.07, 6.45) is 3.72. The molecule has 0 saturated heterocycles. The van der Waals surface area contributed by atoms with Crippen molar-refractivity contribution in [1.29, 1.82) is 0 Å². The minimum atomic E-state index is -0.0781. The van der Waals surface area contributed by atoms with Gasteiger partial charge in [0.25, 0.3) is 0 Å². The van der Waals surface area contributed by atoms with Crippen molar-refractivity contribution in [3.05, 3.63) is 30.4 Å². The molecule has 6 nitrogen and oxygen atoms in total. The summed E-state index contributed by atoms with van der Waals surface area (Å²) in [5.41, 5.74) is -0.0781. The number of rotatable bonds is 5. The third kappa shape index (κ3) is 3.69. The molecule has 0 saturated carbocycles. The van der Waals surface area contributed by atoms with Gasteiger partial charge < -0.3 is 10.6 Å². The zero-order valence-electron chi connectivity index (χ0n) is 12.5. The summed E-state index contributed by atoms with van der Waals surface area (Å²) >= 11 is 0. The van der Waals surface area contributed by atoms with Gasteiger partial charge in [-0.05, 0) is 6.07 Å². The highest BCUT2D eigenvalue weighted by Crippen LogP contribution is 2.21. The highest BCUT2D eigenvalue weighted by atomic mass is 15.3. The molecule has 0 bridgehead atoms.